The van der Waals surface area contributed by atoms with E-state index >= 15 is 0 Å². The summed E-state index contributed by atoms with van der Waals surface area (Å²) in [7, 11) is -2.55. The molecule has 0 unspecified atom stereocenters. The minimum atomic E-state index is -3.99. The van der Waals surface area contributed by atoms with Gasteiger partial charge in [-0.1, -0.05) is 35.9 Å². The Labute approximate surface area is 116 Å². The molecule has 6 heteroatoms. The fraction of sp³-hybridized carbons (Fsp3) is 0.0769. The smallest absolute Gasteiger partial charge is 0.340 e. The van der Waals surface area contributed by atoms with E-state index < -0.39 is 10.1 Å². The zero-order valence-corrected chi connectivity index (χ0v) is 11.6. The molecule has 0 heterocycles. The van der Waals surface area contributed by atoms with Gasteiger partial charge in [0.1, 0.15) is 4.90 Å². The number of ether oxygens (including phenoxy) is 1. The molecule has 0 fully saturated rings. The lowest BCUT2D eigenvalue weighted by atomic mass is 10.3. The van der Waals surface area contributed by atoms with E-state index in [-0.39, 0.29) is 15.7 Å². The zero-order valence-electron chi connectivity index (χ0n) is 10.0. The maximum atomic E-state index is 12.1. The number of hydrogen-bond acceptors (Lipinski definition) is 4. The molecule has 0 spiro atoms. The lowest BCUT2D eigenvalue weighted by Gasteiger charge is -2.11. The second-order valence-corrected chi connectivity index (χ2v) is 5.54. The molecule has 0 aliphatic carbocycles. The average molecular weight is 299 g/mol. The van der Waals surface area contributed by atoms with Gasteiger partial charge in [0.25, 0.3) is 0 Å². The SMILES string of the molecule is COc1ccccc1OS(=O)(=O)c1ccccc1Cl. The van der Waals surface area contributed by atoms with Crippen molar-refractivity contribution in [1.82, 2.24) is 0 Å². The quantitative estimate of drug-likeness (QED) is 0.814. The van der Waals surface area contributed by atoms with Crippen molar-refractivity contribution < 1.29 is 17.3 Å². The Morgan fingerprint density at radius 2 is 1.53 bits per heavy atom. The van der Waals surface area contributed by atoms with Crippen molar-refractivity contribution in [3.8, 4) is 11.5 Å². The highest BCUT2D eigenvalue weighted by molar-refractivity contribution is 7.87. The first-order valence-corrected chi connectivity index (χ1v) is 7.15. The van der Waals surface area contributed by atoms with Crippen LogP contribution in [0.1, 0.15) is 0 Å². The van der Waals surface area contributed by atoms with Crippen LogP contribution in [0.2, 0.25) is 5.02 Å². The lowest BCUT2D eigenvalue weighted by Crippen LogP contribution is -2.10. The van der Waals surface area contributed by atoms with Crippen molar-refractivity contribution in [3.63, 3.8) is 0 Å². The number of hydrogen-bond donors (Lipinski definition) is 0. The van der Waals surface area contributed by atoms with Crippen molar-refractivity contribution in [2.24, 2.45) is 0 Å². The predicted molar refractivity (Wildman–Crippen MR) is 72.3 cm³/mol. The molecule has 4 nitrogen and oxygen atoms in total. The molecule has 0 saturated heterocycles. The van der Waals surface area contributed by atoms with Crippen molar-refractivity contribution in [3.05, 3.63) is 53.6 Å². The van der Waals surface area contributed by atoms with Gasteiger partial charge in [0.15, 0.2) is 11.5 Å². The first-order chi connectivity index (χ1) is 9.04. The van der Waals surface area contributed by atoms with Gasteiger partial charge in [-0.3, -0.25) is 0 Å². The van der Waals surface area contributed by atoms with Gasteiger partial charge < -0.3 is 8.92 Å². The Morgan fingerprint density at radius 1 is 0.947 bits per heavy atom. The molecule has 2 rings (SSSR count). The van der Waals surface area contributed by atoms with Crippen LogP contribution in [-0.4, -0.2) is 15.5 Å². The Kier molecular flexibility index (Phi) is 3.97. The standard InChI is InChI=1S/C13H11ClO4S/c1-17-11-7-3-4-8-12(11)18-19(15,16)13-9-5-2-6-10(13)14/h2-9H,1H3. The van der Waals surface area contributed by atoms with Crippen LogP contribution < -0.4 is 8.92 Å². The van der Waals surface area contributed by atoms with Gasteiger partial charge in [-0.05, 0) is 24.3 Å². The Balaban J connectivity index is 2.40. The molecule has 0 amide bonds. The van der Waals surface area contributed by atoms with E-state index in [2.05, 4.69) is 0 Å². The van der Waals surface area contributed by atoms with Crippen LogP contribution in [0.3, 0.4) is 0 Å². The van der Waals surface area contributed by atoms with Crippen molar-refractivity contribution in [2.75, 3.05) is 7.11 Å². The van der Waals surface area contributed by atoms with Gasteiger partial charge in [-0.25, -0.2) is 0 Å². The van der Waals surface area contributed by atoms with Crippen LogP contribution in [0.25, 0.3) is 0 Å². The first kappa shape index (κ1) is 13.7. The maximum absolute atomic E-state index is 12.1. The van der Waals surface area contributed by atoms with Crippen molar-refractivity contribution in [1.29, 1.82) is 0 Å². The van der Waals surface area contributed by atoms with Gasteiger partial charge in [0.05, 0.1) is 12.1 Å². The summed E-state index contributed by atoms with van der Waals surface area (Å²) in [6.45, 7) is 0. The largest absolute Gasteiger partial charge is 0.493 e. The molecule has 0 radical (unpaired) electrons. The summed E-state index contributed by atoms with van der Waals surface area (Å²) in [5.74, 6) is 0.447. The second kappa shape index (κ2) is 5.50. The highest BCUT2D eigenvalue weighted by Crippen LogP contribution is 2.30. The van der Waals surface area contributed by atoms with Crippen molar-refractivity contribution >= 4 is 21.7 Å². The molecular weight excluding hydrogens is 288 g/mol. The van der Waals surface area contributed by atoms with E-state index in [1.165, 1.54) is 25.3 Å². The van der Waals surface area contributed by atoms with E-state index in [0.717, 1.165) is 0 Å². The minimum absolute atomic E-state index is 0.0810. The van der Waals surface area contributed by atoms with Gasteiger partial charge in [-0.15, -0.1) is 0 Å². The summed E-state index contributed by atoms with van der Waals surface area (Å²) >= 11 is 5.86. The third-order valence-corrected chi connectivity index (χ3v) is 4.11. The highest BCUT2D eigenvalue weighted by atomic mass is 35.5. The van der Waals surface area contributed by atoms with Crippen LogP contribution in [-0.2, 0) is 10.1 Å². The molecule has 100 valence electrons. The van der Waals surface area contributed by atoms with Crippen LogP contribution in [0.15, 0.2) is 53.4 Å². The molecule has 0 saturated carbocycles. The van der Waals surface area contributed by atoms with Gasteiger partial charge in [-0.2, -0.15) is 8.42 Å². The third kappa shape index (κ3) is 3.00. The summed E-state index contributed by atoms with van der Waals surface area (Å²) in [6, 6.07) is 12.6. The molecule has 0 N–H and O–H groups in total. The summed E-state index contributed by atoms with van der Waals surface area (Å²) in [5.41, 5.74) is 0. The third-order valence-electron chi connectivity index (χ3n) is 2.37. The molecule has 0 bridgehead atoms. The topological polar surface area (TPSA) is 52.6 Å². The van der Waals surface area contributed by atoms with Crippen molar-refractivity contribution in [2.45, 2.75) is 4.90 Å². The number of para-hydroxylation sites is 2. The molecule has 0 aliphatic heterocycles. The van der Waals surface area contributed by atoms with Crippen LogP contribution in [0, 0.1) is 0 Å². The monoisotopic (exact) mass is 298 g/mol. The Hall–Kier alpha value is -1.72. The summed E-state index contributed by atoms with van der Waals surface area (Å²) in [6.07, 6.45) is 0. The number of methoxy groups -OCH3 is 1. The van der Waals surface area contributed by atoms with Crippen LogP contribution in [0.5, 0.6) is 11.5 Å². The highest BCUT2D eigenvalue weighted by Gasteiger charge is 2.21. The van der Waals surface area contributed by atoms with Gasteiger partial charge >= 0.3 is 10.1 Å². The summed E-state index contributed by atoms with van der Waals surface area (Å²) in [5, 5.41) is 0.109. The molecule has 19 heavy (non-hydrogen) atoms. The number of halogens is 1. The predicted octanol–water partition coefficient (Wildman–Crippen LogP) is 3.12. The van der Waals surface area contributed by atoms with Crippen LogP contribution in [0.4, 0.5) is 0 Å². The Morgan fingerprint density at radius 3 is 2.16 bits per heavy atom. The average Bonchev–Trinajstić information content (AvgIpc) is 2.39. The van der Waals surface area contributed by atoms with Gasteiger partial charge in [0.2, 0.25) is 0 Å². The number of benzene rings is 2. The summed E-state index contributed by atoms with van der Waals surface area (Å²) < 4.78 is 34.3. The van der Waals surface area contributed by atoms with E-state index in [0.29, 0.717) is 5.75 Å². The number of rotatable bonds is 4. The molecule has 0 atom stereocenters. The van der Waals surface area contributed by atoms with E-state index in [4.69, 9.17) is 20.5 Å². The van der Waals surface area contributed by atoms with Gasteiger partial charge in [0, 0.05) is 0 Å². The van der Waals surface area contributed by atoms with E-state index in [1.54, 1.807) is 30.3 Å². The first-order valence-electron chi connectivity index (χ1n) is 5.36. The van der Waals surface area contributed by atoms with E-state index in [1.807, 2.05) is 0 Å². The zero-order chi connectivity index (χ0) is 13.9. The molecule has 0 aromatic heterocycles. The molecule has 2 aromatic carbocycles. The molecule has 0 aliphatic rings. The molecular formula is C13H11ClO4S. The maximum Gasteiger partial charge on any atom is 0.340 e. The normalized spacial score (nSPS) is 11.1. The Bertz CT molecular complexity index is 683. The lowest BCUT2D eigenvalue weighted by molar-refractivity contribution is 0.390. The van der Waals surface area contributed by atoms with E-state index in [9.17, 15) is 8.42 Å². The fourth-order valence-electron chi connectivity index (χ4n) is 1.50. The van der Waals surface area contributed by atoms with Crippen LogP contribution >= 0.6 is 11.6 Å². The summed E-state index contributed by atoms with van der Waals surface area (Å²) in [4.78, 5) is -0.0810. The minimum Gasteiger partial charge on any atom is -0.493 e. The fourth-order valence-corrected chi connectivity index (χ4v) is 2.93. The molecule has 2 aromatic rings. The second-order valence-electron chi connectivity index (χ2n) is 3.62.